The first-order valence-corrected chi connectivity index (χ1v) is 21.5. The molecular formula is C57H36N6. The Morgan fingerprint density at radius 1 is 0.270 bits per heavy atom. The third-order valence-corrected chi connectivity index (χ3v) is 13.1. The zero-order valence-electron chi connectivity index (χ0n) is 34.0. The summed E-state index contributed by atoms with van der Waals surface area (Å²) in [5.74, 6) is 0.879. The number of aromatic nitrogens is 6. The van der Waals surface area contributed by atoms with Gasteiger partial charge >= 0.3 is 0 Å². The van der Waals surface area contributed by atoms with Gasteiger partial charge in [0.1, 0.15) is 5.52 Å². The molecule has 14 rings (SSSR count). The van der Waals surface area contributed by atoms with E-state index in [1.807, 2.05) is 0 Å². The Morgan fingerprint density at radius 3 is 1.35 bits per heavy atom. The molecule has 0 aliphatic rings. The zero-order valence-corrected chi connectivity index (χ0v) is 34.0. The molecule has 0 spiro atoms. The molecule has 0 aliphatic carbocycles. The second-order valence-electron chi connectivity index (χ2n) is 16.5. The van der Waals surface area contributed by atoms with Crippen molar-refractivity contribution in [3.8, 4) is 33.9 Å². The monoisotopic (exact) mass is 804 g/mol. The first-order valence-electron chi connectivity index (χ1n) is 21.5. The maximum absolute atomic E-state index is 5.48. The molecule has 6 nitrogen and oxygen atoms in total. The van der Waals surface area contributed by atoms with Gasteiger partial charge in [0, 0.05) is 49.7 Å². The zero-order chi connectivity index (χ0) is 41.2. The standard InChI is InChI=1S/C57H36N6/c1-3-15-39(16-4-1)61-51-26-14-10-22-46(51)55-56(61)63-53-34-32-42(36-54(53)62(57(63)58-55)40-17-5-2-6-18-40)60-50-25-13-9-21-45(50)47-35-38(29-33-52(47)60)37-27-30-41(31-28-37)59-48-23-11-7-19-43(48)44-20-8-12-24-49(44)59/h1-36H. The second-order valence-corrected chi connectivity index (χ2v) is 16.5. The van der Waals surface area contributed by atoms with E-state index in [0.717, 1.165) is 67.1 Å². The number of hydrogen-bond acceptors (Lipinski definition) is 1. The fourth-order valence-corrected chi connectivity index (χ4v) is 10.4. The lowest BCUT2D eigenvalue weighted by Gasteiger charge is -2.11. The molecule has 0 fully saturated rings. The maximum atomic E-state index is 5.48. The molecule has 0 aliphatic heterocycles. The summed E-state index contributed by atoms with van der Waals surface area (Å²) in [6, 6.07) is 78.8. The van der Waals surface area contributed by atoms with E-state index in [4.69, 9.17) is 4.98 Å². The highest BCUT2D eigenvalue weighted by Crippen LogP contribution is 2.40. The second kappa shape index (κ2) is 12.9. The van der Waals surface area contributed by atoms with E-state index in [1.54, 1.807) is 0 Å². The van der Waals surface area contributed by atoms with Gasteiger partial charge in [0.25, 0.3) is 0 Å². The Kier molecular flexibility index (Phi) is 7.02. The van der Waals surface area contributed by atoms with Crippen LogP contribution >= 0.6 is 0 Å². The fraction of sp³-hybridized carbons (Fsp3) is 0. The van der Waals surface area contributed by atoms with E-state index < -0.39 is 0 Å². The van der Waals surface area contributed by atoms with Gasteiger partial charge in [-0.1, -0.05) is 127 Å². The van der Waals surface area contributed by atoms with Crippen molar-refractivity contribution in [1.29, 1.82) is 0 Å². The summed E-state index contributed by atoms with van der Waals surface area (Å²) in [6.07, 6.45) is 0. The number of para-hydroxylation sites is 6. The minimum absolute atomic E-state index is 0.879. The molecule has 0 bridgehead atoms. The van der Waals surface area contributed by atoms with Crippen molar-refractivity contribution in [3.63, 3.8) is 0 Å². The highest BCUT2D eigenvalue weighted by molar-refractivity contribution is 6.12. The topological polar surface area (TPSA) is 37.0 Å². The summed E-state index contributed by atoms with van der Waals surface area (Å²) in [4.78, 5) is 5.48. The van der Waals surface area contributed by atoms with Gasteiger partial charge in [-0.2, -0.15) is 0 Å². The number of imidazole rings is 2. The molecule has 14 aromatic rings. The molecule has 63 heavy (non-hydrogen) atoms. The Labute approximate surface area is 361 Å². The van der Waals surface area contributed by atoms with E-state index in [1.165, 1.54) is 49.2 Å². The molecule has 0 radical (unpaired) electrons. The summed E-state index contributed by atoms with van der Waals surface area (Å²) in [6.45, 7) is 0. The maximum Gasteiger partial charge on any atom is 0.221 e. The van der Waals surface area contributed by atoms with Crippen LogP contribution in [-0.2, 0) is 0 Å². The van der Waals surface area contributed by atoms with Gasteiger partial charge in [-0.05, 0) is 102 Å². The molecule has 5 heterocycles. The van der Waals surface area contributed by atoms with Crippen LogP contribution in [0.1, 0.15) is 0 Å². The van der Waals surface area contributed by atoms with Crippen molar-refractivity contribution in [2.24, 2.45) is 0 Å². The molecule has 6 heteroatoms. The average molecular weight is 805 g/mol. The largest absolute Gasteiger partial charge is 0.309 e. The van der Waals surface area contributed by atoms with Gasteiger partial charge in [-0.3, -0.25) is 13.5 Å². The van der Waals surface area contributed by atoms with E-state index in [9.17, 15) is 0 Å². The summed E-state index contributed by atoms with van der Waals surface area (Å²) in [7, 11) is 0. The lowest BCUT2D eigenvalue weighted by atomic mass is 10.0. The van der Waals surface area contributed by atoms with Gasteiger partial charge in [0.05, 0.1) is 38.6 Å². The van der Waals surface area contributed by atoms with Gasteiger partial charge in [-0.15, -0.1) is 0 Å². The molecule has 9 aromatic carbocycles. The van der Waals surface area contributed by atoms with E-state index in [0.29, 0.717) is 0 Å². The summed E-state index contributed by atoms with van der Waals surface area (Å²) >= 11 is 0. The molecule has 0 saturated heterocycles. The molecule has 0 amide bonds. The van der Waals surface area contributed by atoms with E-state index >= 15 is 0 Å². The van der Waals surface area contributed by atoms with Crippen molar-refractivity contribution < 1.29 is 0 Å². The van der Waals surface area contributed by atoms with Gasteiger partial charge in [0.15, 0.2) is 5.65 Å². The number of hydrogen-bond donors (Lipinski definition) is 0. The lowest BCUT2D eigenvalue weighted by molar-refractivity contribution is 1.08. The van der Waals surface area contributed by atoms with Crippen LogP contribution in [0.4, 0.5) is 0 Å². The van der Waals surface area contributed by atoms with Crippen molar-refractivity contribution >= 4 is 82.5 Å². The van der Waals surface area contributed by atoms with Gasteiger partial charge in [-0.25, -0.2) is 4.98 Å². The minimum Gasteiger partial charge on any atom is -0.309 e. The Morgan fingerprint density at radius 2 is 0.714 bits per heavy atom. The Balaban J connectivity index is 0.954. The van der Waals surface area contributed by atoms with Crippen molar-refractivity contribution in [1.82, 2.24) is 27.7 Å². The first-order chi connectivity index (χ1) is 31.3. The number of benzene rings is 9. The van der Waals surface area contributed by atoms with Gasteiger partial charge < -0.3 is 9.13 Å². The number of rotatable bonds is 5. The van der Waals surface area contributed by atoms with Crippen molar-refractivity contribution in [2.45, 2.75) is 0 Å². The third-order valence-electron chi connectivity index (χ3n) is 13.1. The summed E-state index contributed by atoms with van der Waals surface area (Å²) in [5.41, 5.74) is 16.9. The molecule has 5 aromatic heterocycles. The van der Waals surface area contributed by atoms with Crippen LogP contribution in [0, 0.1) is 0 Å². The normalized spacial score (nSPS) is 12.1. The van der Waals surface area contributed by atoms with Gasteiger partial charge in [0.2, 0.25) is 5.78 Å². The smallest absolute Gasteiger partial charge is 0.221 e. The van der Waals surface area contributed by atoms with Crippen LogP contribution < -0.4 is 0 Å². The molecule has 0 unspecified atom stereocenters. The van der Waals surface area contributed by atoms with Crippen LogP contribution in [0.25, 0.3) is 116 Å². The third kappa shape index (κ3) is 4.80. The lowest BCUT2D eigenvalue weighted by Crippen LogP contribution is -1.97. The fourth-order valence-electron chi connectivity index (χ4n) is 10.4. The van der Waals surface area contributed by atoms with E-state index in [-0.39, 0.29) is 0 Å². The van der Waals surface area contributed by atoms with Crippen LogP contribution in [0.3, 0.4) is 0 Å². The highest BCUT2D eigenvalue weighted by atomic mass is 15.3. The molecule has 294 valence electrons. The average Bonchev–Trinajstić information content (AvgIpc) is 4.14. The highest BCUT2D eigenvalue weighted by Gasteiger charge is 2.25. The Bertz CT molecular complexity index is 4070. The first kappa shape index (κ1) is 34.1. The van der Waals surface area contributed by atoms with Crippen LogP contribution in [0.5, 0.6) is 0 Å². The number of nitrogens with zero attached hydrogens (tertiary/aromatic N) is 6. The Hall–Kier alpha value is -8.61. The summed E-state index contributed by atoms with van der Waals surface area (Å²) in [5, 5.41) is 6.11. The predicted octanol–water partition coefficient (Wildman–Crippen LogP) is 14.2. The molecule has 0 N–H and O–H groups in total. The van der Waals surface area contributed by atoms with Crippen molar-refractivity contribution in [2.75, 3.05) is 0 Å². The van der Waals surface area contributed by atoms with E-state index in [2.05, 4.69) is 241 Å². The van der Waals surface area contributed by atoms with Crippen LogP contribution in [-0.4, -0.2) is 27.7 Å². The van der Waals surface area contributed by atoms with Crippen molar-refractivity contribution in [3.05, 3.63) is 218 Å². The molecular weight excluding hydrogens is 769 g/mol. The molecule has 0 atom stereocenters. The van der Waals surface area contributed by atoms with Crippen LogP contribution in [0.2, 0.25) is 0 Å². The summed E-state index contributed by atoms with van der Waals surface area (Å²) < 4.78 is 11.8. The SMILES string of the molecule is c1ccc(-n2c3cc(-n4c5ccccc5c5cc(-c6ccc(-n7c8ccccc8c8ccccc87)cc6)ccc54)ccc3n3c2nc2c4ccccc4n(-c4ccccc4)c23)cc1. The predicted molar refractivity (Wildman–Crippen MR) is 260 cm³/mol. The van der Waals surface area contributed by atoms with Crippen LogP contribution in [0.15, 0.2) is 218 Å². The molecule has 0 saturated carbocycles. The minimum atomic E-state index is 0.879. The quantitative estimate of drug-likeness (QED) is 0.171. The number of fused-ring (bicyclic) bond motifs is 13.